The predicted molar refractivity (Wildman–Crippen MR) is 99.9 cm³/mol. The third-order valence-electron chi connectivity index (χ3n) is 5.35. The molecule has 0 aliphatic heterocycles. The van der Waals surface area contributed by atoms with E-state index < -0.39 is 28.6 Å². The van der Waals surface area contributed by atoms with E-state index in [-0.39, 0.29) is 18.1 Å². The summed E-state index contributed by atoms with van der Waals surface area (Å²) in [5, 5.41) is 0. The molecular formula is C17H36F2GeN3Zr. The Hall–Kier alpha value is 0.646. The number of hydrogen-bond acceptors (Lipinski definition) is 3. The number of allylic oxidation sites excluding steroid dienone is 4. The van der Waals surface area contributed by atoms with E-state index in [1.165, 1.54) is 0 Å². The van der Waals surface area contributed by atoms with Gasteiger partial charge in [-0.1, -0.05) is 0 Å². The summed E-state index contributed by atoms with van der Waals surface area (Å²) in [6.45, 7) is 12.3. The summed E-state index contributed by atoms with van der Waals surface area (Å²) in [5.41, 5.74) is 0. The molecule has 141 valence electrons. The topological polar surface area (TPSA) is 36.1 Å². The van der Waals surface area contributed by atoms with Crippen molar-refractivity contribution in [2.45, 2.75) is 85.4 Å². The Bertz CT molecular complexity index is 437. The van der Waals surface area contributed by atoms with Crippen molar-refractivity contribution >= 4 is 11.5 Å². The second-order valence-electron chi connectivity index (χ2n) is 7.31. The molecule has 3 nitrogen and oxygen atoms in total. The van der Waals surface area contributed by atoms with Crippen molar-refractivity contribution in [3.8, 4) is 0 Å². The molecule has 7 heteroatoms. The molecule has 1 aliphatic rings. The minimum atomic E-state index is -5.00. The van der Waals surface area contributed by atoms with Gasteiger partial charge in [0.2, 0.25) is 0 Å². The van der Waals surface area contributed by atoms with Crippen molar-refractivity contribution in [2.24, 2.45) is 0 Å². The third-order valence-corrected chi connectivity index (χ3v) is 41.4. The Balaban J connectivity index is 3.54. The summed E-state index contributed by atoms with van der Waals surface area (Å²) in [6.07, 6.45) is 9.13. The van der Waals surface area contributed by atoms with E-state index in [0.29, 0.717) is 6.42 Å². The molecule has 1 rings (SSSR count). The zero-order chi connectivity index (χ0) is 18.4. The van der Waals surface area contributed by atoms with Gasteiger partial charge in [-0.05, 0) is 0 Å². The molecule has 0 heterocycles. The monoisotopic (exact) mass is 484 g/mol. The summed E-state index contributed by atoms with van der Waals surface area (Å²) < 4.78 is 42.0. The molecule has 24 heavy (non-hydrogen) atoms. The molecule has 3 unspecified atom stereocenters. The average Bonchev–Trinajstić information content (AvgIpc) is 3.09. The normalized spacial score (nSPS) is 20.5. The minimum absolute atomic E-state index is 0.0740. The molecule has 0 radical (unpaired) electrons. The van der Waals surface area contributed by atoms with E-state index in [0.717, 1.165) is 22.5 Å². The van der Waals surface area contributed by atoms with Crippen LogP contribution in [0.1, 0.15) is 67.2 Å². The van der Waals surface area contributed by atoms with Crippen LogP contribution in [-0.2, 0) is 17.1 Å². The van der Waals surface area contributed by atoms with E-state index in [9.17, 15) is 0 Å². The van der Waals surface area contributed by atoms with Crippen LogP contribution >= 0.6 is 0 Å². The van der Waals surface area contributed by atoms with E-state index in [1.807, 2.05) is 39.0 Å². The van der Waals surface area contributed by atoms with Gasteiger partial charge in [-0.15, -0.1) is 0 Å². The molecule has 0 aromatic carbocycles. The van der Waals surface area contributed by atoms with Crippen LogP contribution in [0.4, 0.5) is 7.00 Å². The van der Waals surface area contributed by atoms with Crippen LogP contribution in [0, 0.1) is 0 Å². The summed E-state index contributed by atoms with van der Waals surface area (Å²) >= 11 is -9.62. The maximum atomic E-state index is 15.2. The van der Waals surface area contributed by atoms with Crippen LogP contribution in [0.5, 0.6) is 0 Å². The van der Waals surface area contributed by atoms with Crippen LogP contribution < -0.4 is 9.78 Å². The van der Waals surface area contributed by atoms with Gasteiger partial charge in [0.25, 0.3) is 0 Å². The standard InChI is InChI=1S/C5H5.3C4H10N.F2GeH.Zr/c1-2-4-5-3-1;3*1-3-4(2)5;1-3-2;/h1-3H,4H2;3*4-5H,3H2,1-2H3;3H;/q;3*-1;;+3. The molecular weight excluding hydrogens is 448 g/mol. The van der Waals surface area contributed by atoms with Crippen molar-refractivity contribution in [1.29, 1.82) is 0 Å². The Kier molecular flexibility index (Phi) is 9.02. The number of nitrogens with one attached hydrogen (secondary N) is 3. The van der Waals surface area contributed by atoms with E-state index >= 15 is 7.00 Å². The summed E-state index contributed by atoms with van der Waals surface area (Å²) in [5.74, 6) is 0. The SMILES string of the molecule is CCC(C)[NH][Zr]([NH]C(C)CC)([NH]C(C)CC)([C]1=CC=CC1)[GeH]([F])[F]. The molecule has 0 amide bonds. The van der Waals surface area contributed by atoms with E-state index in [2.05, 4.69) is 30.6 Å². The number of halogens is 2. The summed E-state index contributed by atoms with van der Waals surface area (Å²) in [4.78, 5) is 0. The van der Waals surface area contributed by atoms with Crippen molar-refractivity contribution in [3.05, 3.63) is 21.5 Å². The van der Waals surface area contributed by atoms with E-state index in [1.54, 1.807) is 0 Å². The quantitative estimate of drug-likeness (QED) is 0.387. The van der Waals surface area contributed by atoms with Gasteiger partial charge in [0.15, 0.2) is 0 Å². The summed E-state index contributed by atoms with van der Waals surface area (Å²) in [6, 6.07) is 0.222. The van der Waals surface area contributed by atoms with Gasteiger partial charge in [-0.25, -0.2) is 0 Å². The van der Waals surface area contributed by atoms with E-state index in [4.69, 9.17) is 0 Å². The fraction of sp³-hybridized carbons (Fsp3) is 0.765. The molecule has 0 saturated carbocycles. The van der Waals surface area contributed by atoms with Crippen molar-refractivity contribution < 1.29 is 24.1 Å². The van der Waals surface area contributed by atoms with Crippen LogP contribution in [-0.4, -0.2) is 29.6 Å². The molecule has 0 aromatic rings. The molecule has 0 saturated heterocycles. The molecule has 0 bridgehead atoms. The second kappa shape index (κ2) is 9.54. The van der Waals surface area contributed by atoms with Crippen molar-refractivity contribution in [3.63, 3.8) is 0 Å². The molecule has 3 N–H and O–H groups in total. The van der Waals surface area contributed by atoms with Gasteiger partial charge in [-0.3, -0.25) is 0 Å². The molecule has 1 aliphatic carbocycles. The first-order chi connectivity index (χ1) is 11.2. The van der Waals surface area contributed by atoms with Crippen LogP contribution in [0.25, 0.3) is 0 Å². The van der Waals surface area contributed by atoms with Gasteiger partial charge in [0.1, 0.15) is 0 Å². The Morgan fingerprint density at radius 1 is 0.958 bits per heavy atom. The zero-order valence-corrected chi connectivity index (χ0v) is 21.0. The number of rotatable bonds is 11. The van der Waals surface area contributed by atoms with Gasteiger partial charge < -0.3 is 0 Å². The Morgan fingerprint density at radius 2 is 1.38 bits per heavy atom. The fourth-order valence-electron chi connectivity index (χ4n) is 3.41. The second-order valence-corrected chi connectivity index (χ2v) is 38.7. The molecule has 0 spiro atoms. The zero-order valence-electron chi connectivity index (χ0n) is 16.1. The molecule has 0 fully saturated rings. The van der Waals surface area contributed by atoms with Crippen LogP contribution in [0.2, 0.25) is 0 Å². The van der Waals surface area contributed by atoms with Gasteiger partial charge in [-0.2, -0.15) is 0 Å². The van der Waals surface area contributed by atoms with Crippen LogP contribution in [0.3, 0.4) is 0 Å². The van der Waals surface area contributed by atoms with Crippen LogP contribution in [0.15, 0.2) is 21.5 Å². The summed E-state index contributed by atoms with van der Waals surface area (Å²) in [7, 11) is 0. The predicted octanol–water partition coefficient (Wildman–Crippen LogP) is 4.09. The maximum absolute atomic E-state index is 15.2. The van der Waals surface area contributed by atoms with Crippen molar-refractivity contribution in [2.75, 3.05) is 0 Å². The Labute approximate surface area is 151 Å². The third kappa shape index (κ3) is 4.67. The van der Waals surface area contributed by atoms with Crippen molar-refractivity contribution in [1.82, 2.24) is 9.78 Å². The van der Waals surface area contributed by atoms with Gasteiger partial charge >= 0.3 is 152 Å². The van der Waals surface area contributed by atoms with Gasteiger partial charge in [0.05, 0.1) is 0 Å². The first kappa shape index (κ1) is 22.7. The number of hydrogen-bond donors (Lipinski definition) is 3. The average molecular weight is 484 g/mol. The fourth-order valence-corrected chi connectivity index (χ4v) is 39.9. The van der Waals surface area contributed by atoms with Gasteiger partial charge in [0, 0.05) is 0 Å². The first-order valence-corrected chi connectivity index (χ1v) is 24.7. The Morgan fingerprint density at radius 3 is 1.62 bits per heavy atom. The molecule has 3 atom stereocenters. The first-order valence-electron chi connectivity index (χ1n) is 9.39. The molecule has 0 aromatic heterocycles.